The average molecular weight is 337 g/mol. The van der Waals surface area contributed by atoms with Crippen LogP contribution in [-0.2, 0) is 16.6 Å². The lowest BCUT2D eigenvalue weighted by Crippen LogP contribution is -2.54. The van der Waals surface area contributed by atoms with Crippen molar-refractivity contribution < 1.29 is 9.53 Å². The molecule has 1 saturated heterocycles. The molecule has 0 aliphatic carbocycles. The SMILES string of the molecule is CCOCCN1CCN(CC(=O)Nc2c(C)nn(C)c2C)CC1C. The molecule has 1 atom stereocenters. The third-order valence-electron chi connectivity index (χ3n) is 4.72. The Bertz CT molecular complexity index is 557. The molecule has 2 rings (SSSR count). The molecular weight excluding hydrogens is 306 g/mol. The number of carbonyl (C=O) groups excluding carboxylic acids is 1. The first-order valence-electron chi connectivity index (χ1n) is 8.76. The lowest BCUT2D eigenvalue weighted by atomic mass is 10.2. The van der Waals surface area contributed by atoms with Crippen LogP contribution in [0.25, 0.3) is 0 Å². The van der Waals surface area contributed by atoms with E-state index in [1.165, 1.54) is 0 Å². The van der Waals surface area contributed by atoms with Gasteiger partial charge in [-0.3, -0.25) is 19.3 Å². The van der Waals surface area contributed by atoms with Gasteiger partial charge in [0.1, 0.15) is 0 Å². The molecule has 0 saturated carbocycles. The van der Waals surface area contributed by atoms with Gasteiger partial charge in [0.05, 0.1) is 30.2 Å². The summed E-state index contributed by atoms with van der Waals surface area (Å²) in [6.45, 7) is 13.8. The topological polar surface area (TPSA) is 62.6 Å². The van der Waals surface area contributed by atoms with E-state index in [0.717, 1.165) is 56.5 Å². The van der Waals surface area contributed by atoms with E-state index in [2.05, 4.69) is 27.1 Å². The number of aryl methyl sites for hydroxylation is 2. The molecule has 1 aliphatic heterocycles. The van der Waals surface area contributed by atoms with Gasteiger partial charge in [-0.25, -0.2) is 0 Å². The number of nitrogens with zero attached hydrogens (tertiary/aromatic N) is 4. The highest BCUT2D eigenvalue weighted by atomic mass is 16.5. The fraction of sp³-hybridized carbons (Fsp3) is 0.765. The number of rotatable bonds is 7. The van der Waals surface area contributed by atoms with Gasteiger partial charge >= 0.3 is 0 Å². The average Bonchev–Trinajstić information content (AvgIpc) is 2.76. The Morgan fingerprint density at radius 1 is 1.38 bits per heavy atom. The van der Waals surface area contributed by atoms with Gasteiger partial charge in [-0.2, -0.15) is 5.10 Å². The zero-order valence-corrected chi connectivity index (χ0v) is 15.6. The molecule has 1 amide bonds. The molecule has 2 heterocycles. The summed E-state index contributed by atoms with van der Waals surface area (Å²) in [6.07, 6.45) is 0. The van der Waals surface area contributed by atoms with Gasteiger partial charge in [-0.15, -0.1) is 0 Å². The number of hydrogen-bond donors (Lipinski definition) is 1. The van der Waals surface area contributed by atoms with Crippen LogP contribution >= 0.6 is 0 Å². The largest absolute Gasteiger partial charge is 0.380 e. The third-order valence-corrected chi connectivity index (χ3v) is 4.72. The summed E-state index contributed by atoms with van der Waals surface area (Å²) in [5.74, 6) is 0.0316. The van der Waals surface area contributed by atoms with Gasteiger partial charge in [0, 0.05) is 45.9 Å². The van der Waals surface area contributed by atoms with Crippen LogP contribution in [0.3, 0.4) is 0 Å². The monoisotopic (exact) mass is 337 g/mol. The van der Waals surface area contributed by atoms with Crippen LogP contribution in [0.4, 0.5) is 5.69 Å². The number of carbonyl (C=O) groups is 1. The van der Waals surface area contributed by atoms with Crippen molar-refractivity contribution in [3.63, 3.8) is 0 Å². The molecule has 1 fully saturated rings. The van der Waals surface area contributed by atoms with Gasteiger partial charge < -0.3 is 10.1 Å². The number of anilines is 1. The number of piperazine rings is 1. The maximum absolute atomic E-state index is 12.4. The van der Waals surface area contributed by atoms with Crippen molar-refractivity contribution in [1.82, 2.24) is 19.6 Å². The summed E-state index contributed by atoms with van der Waals surface area (Å²) >= 11 is 0. The molecular formula is C17H31N5O2. The summed E-state index contributed by atoms with van der Waals surface area (Å²) in [6, 6.07) is 0.439. The molecule has 0 radical (unpaired) electrons. The first-order valence-corrected chi connectivity index (χ1v) is 8.76. The minimum atomic E-state index is 0.0316. The molecule has 1 aromatic rings. The minimum absolute atomic E-state index is 0.0316. The predicted molar refractivity (Wildman–Crippen MR) is 95.3 cm³/mol. The van der Waals surface area contributed by atoms with E-state index in [4.69, 9.17) is 4.74 Å². The second kappa shape index (κ2) is 8.60. The van der Waals surface area contributed by atoms with E-state index in [0.29, 0.717) is 12.6 Å². The highest BCUT2D eigenvalue weighted by Crippen LogP contribution is 2.18. The minimum Gasteiger partial charge on any atom is -0.380 e. The molecule has 7 nitrogen and oxygen atoms in total. The van der Waals surface area contributed by atoms with Gasteiger partial charge in [0.25, 0.3) is 0 Å². The maximum Gasteiger partial charge on any atom is 0.238 e. The second-order valence-corrected chi connectivity index (χ2v) is 6.53. The van der Waals surface area contributed by atoms with Crippen LogP contribution in [0.15, 0.2) is 0 Å². The molecule has 136 valence electrons. The standard InChI is InChI=1S/C17H31N5O2/c1-6-24-10-9-22-8-7-21(11-13(22)2)12-16(23)18-17-14(3)19-20(5)15(17)4/h13H,6-12H2,1-5H3,(H,18,23). The van der Waals surface area contributed by atoms with E-state index in [1.54, 1.807) is 4.68 Å². The first kappa shape index (κ1) is 18.9. The zero-order valence-electron chi connectivity index (χ0n) is 15.6. The quantitative estimate of drug-likeness (QED) is 0.753. The zero-order chi connectivity index (χ0) is 17.7. The van der Waals surface area contributed by atoms with Crippen LogP contribution in [0, 0.1) is 13.8 Å². The summed E-state index contributed by atoms with van der Waals surface area (Å²) in [5, 5.41) is 7.35. The van der Waals surface area contributed by atoms with Crippen molar-refractivity contribution >= 4 is 11.6 Å². The summed E-state index contributed by atoms with van der Waals surface area (Å²) in [5.41, 5.74) is 2.68. The second-order valence-electron chi connectivity index (χ2n) is 6.53. The third kappa shape index (κ3) is 4.78. The predicted octanol–water partition coefficient (Wildman–Crippen LogP) is 1.02. The lowest BCUT2D eigenvalue weighted by molar-refractivity contribution is -0.118. The number of ether oxygens (including phenoxy) is 1. The van der Waals surface area contributed by atoms with Gasteiger partial charge in [-0.05, 0) is 27.7 Å². The van der Waals surface area contributed by atoms with E-state index in [1.807, 2.05) is 27.8 Å². The molecule has 1 aromatic heterocycles. The maximum atomic E-state index is 12.4. The number of hydrogen-bond acceptors (Lipinski definition) is 5. The number of nitrogens with one attached hydrogen (secondary N) is 1. The van der Waals surface area contributed by atoms with Crippen molar-refractivity contribution in [3.8, 4) is 0 Å². The van der Waals surface area contributed by atoms with Crippen LogP contribution in [0.2, 0.25) is 0 Å². The van der Waals surface area contributed by atoms with Crippen LogP contribution in [0.1, 0.15) is 25.2 Å². The van der Waals surface area contributed by atoms with E-state index >= 15 is 0 Å². The van der Waals surface area contributed by atoms with Gasteiger partial charge in [0.15, 0.2) is 0 Å². The van der Waals surface area contributed by atoms with Gasteiger partial charge in [-0.1, -0.05) is 0 Å². The Labute approximate surface area is 144 Å². The molecule has 0 spiro atoms. The highest BCUT2D eigenvalue weighted by Gasteiger charge is 2.25. The molecule has 0 bridgehead atoms. The van der Waals surface area contributed by atoms with Crippen LogP contribution in [-0.4, -0.2) is 77.5 Å². The Kier molecular flexibility index (Phi) is 6.77. The Balaban J connectivity index is 1.81. The van der Waals surface area contributed by atoms with Gasteiger partial charge in [0.2, 0.25) is 5.91 Å². The molecule has 1 aliphatic rings. The molecule has 0 aromatic carbocycles. The van der Waals surface area contributed by atoms with E-state index in [-0.39, 0.29) is 5.91 Å². The molecule has 7 heteroatoms. The van der Waals surface area contributed by atoms with Crippen LogP contribution in [0.5, 0.6) is 0 Å². The highest BCUT2D eigenvalue weighted by molar-refractivity contribution is 5.93. The van der Waals surface area contributed by atoms with Crippen molar-refractivity contribution in [2.75, 3.05) is 51.3 Å². The smallest absolute Gasteiger partial charge is 0.238 e. The number of aromatic nitrogens is 2. The summed E-state index contributed by atoms with van der Waals surface area (Å²) in [4.78, 5) is 17.0. The Hall–Kier alpha value is -1.44. The Morgan fingerprint density at radius 2 is 2.12 bits per heavy atom. The van der Waals surface area contributed by atoms with Crippen molar-refractivity contribution in [2.45, 2.75) is 33.7 Å². The summed E-state index contributed by atoms with van der Waals surface area (Å²) in [7, 11) is 1.89. The first-order chi connectivity index (χ1) is 11.4. The van der Waals surface area contributed by atoms with Crippen molar-refractivity contribution in [2.24, 2.45) is 7.05 Å². The molecule has 24 heavy (non-hydrogen) atoms. The molecule has 1 unspecified atom stereocenters. The lowest BCUT2D eigenvalue weighted by Gasteiger charge is -2.39. The van der Waals surface area contributed by atoms with Crippen molar-refractivity contribution in [1.29, 1.82) is 0 Å². The number of amides is 1. The fourth-order valence-electron chi connectivity index (χ4n) is 3.21. The fourth-order valence-corrected chi connectivity index (χ4v) is 3.21. The Morgan fingerprint density at radius 3 is 2.71 bits per heavy atom. The van der Waals surface area contributed by atoms with Crippen LogP contribution < -0.4 is 5.32 Å². The normalized spacial score (nSPS) is 19.6. The van der Waals surface area contributed by atoms with E-state index < -0.39 is 0 Å². The van der Waals surface area contributed by atoms with E-state index in [9.17, 15) is 4.79 Å². The molecule has 1 N–H and O–H groups in total. The van der Waals surface area contributed by atoms with Crippen molar-refractivity contribution in [3.05, 3.63) is 11.4 Å². The summed E-state index contributed by atoms with van der Waals surface area (Å²) < 4.78 is 7.24.